The minimum absolute atomic E-state index is 0.750. The van der Waals surface area contributed by atoms with Crippen LogP contribution in [-0.4, -0.2) is 38.9 Å². The van der Waals surface area contributed by atoms with Crippen molar-refractivity contribution in [3.63, 3.8) is 0 Å². The molecular weight excluding hydrogens is 278 g/mol. The fourth-order valence-electron chi connectivity index (χ4n) is 2.58. The Bertz CT molecular complexity index is 300. The Labute approximate surface area is 112 Å². The molecule has 17 heavy (non-hydrogen) atoms. The van der Waals surface area contributed by atoms with E-state index < -0.39 is 0 Å². The third kappa shape index (κ3) is 4.11. The van der Waals surface area contributed by atoms with Crippen LogP contribution in [0.4, 0.5) is 0 Å². The summed E-state index contributed by atoms with van der Waals surface area (Å²) < 4.78 is 2.17. The lowest BCUT2D eigenvalue weighted by molar-refractivity contribution is 0.212. The molecule has 96 valence electrons. The summed E-state index contributed by atoms with van der Waals surface area (Å²) >= 11 is 3.66. The summed E-state index contributed by atoms with van der Waals surface area (Å²) in [7, 11) is 0. The van der Waals surface area contributed by atoms with Gasteiger partial charge in [0.1, 0.15) is 0 Å². The third-order valence-corrected chi connectivity index (χ3v) is 4.35. The normalized spacial score (nSPS) is 22.5. The minimum Gasteiger partial charge on any atom is -0.337 e. The van der Waals surface area contributed by atoms with Crippen molar-refractivity contribution in [1.29, 1.82) is 0 Å². The summed E-state index contributed by atoms with van der Waals surface area (Å²) in [6.07, 6.45) is 12.6. The van der Waals surface area contributed by atoms with Crippen molar-refractivity contribution in [2.75, 3.05) is 18.4 Å². The maximum Gasteiger partial charge on any atom is 0.0945 e. The van der Waals surface area contributed by atoms with E-state index in [1.54, 1.807) is 0 Å². The average molecular weight is 300 g/mol. The molecule has 2 rings (SSSR count). The van der Waals surface area contributed by atoms with Crippen molar-refractivity contribution in [2.24, 2.45) is 0 Å². The monoisotopic (exact) mass is 299 g/mol. The smallest absolute Gasteiger partial charge is 0.0945 e. The molecule has 0 saturated carbocycles. The first-order chi connectivity index (χ1) is 8.40. The maximum atomic E-state index is 4.08. The van der Waals surface area contributed by atoms with Crippen molar-refractivity contribution in [3.05, 3.63) is 18.7 Å². The highest BCUT2D eigenvalue weighted by atomic mass is 79.9. The molecule has 1 aliphatic rings. The van der Waals surface area contributed by atoms with Gasteiger partial charge in [-0.2, -0.15) is 0 Å². The van der Waals surface area contributed by atoms with Crippen molar-refractivity contribution >= 4 is 15.9 Å². The Morgan fingerprint density at radius 1 is 1.24 bits per heavy atom. The van der Waals surface area contributed by atoms with Crippen LogP contribution in [0.2, 0.25) is 0 Å². The number of rotatable bonds is 5. The molecule has 0 bridgehead atoms. The molecule has 1 fully saturated rings. The van der Waals surface area contributed by atoms with Crippen molar-refractivity contribution in [1.82, 2.24) is 14.5 Å². The first kappa shape index (κ1) is 13.1. The quantitative estimate of drug-likeness (QED) is 0.780. The number of alkyl halides is 1. The van der Waals surface area contributed by atoms with E-state index in [2.05, 4.69) is 30.4 Å². The Balaban J connectivity index is 1.75. The van der Waals surface area contributed by atoms with Crippen LogP contribution in [0.5, 0.6) is 0 Å². The number of aryl methyl sites for hydroxylation is 1. The van der Waals surface area contributed by atoms with Gasteiger partial charge in [-0.15, -0.1) is 0 Å². The number of nitrogens with zero attached hydrogens (tertiary/aromatic N) is 3. The van der Waals surface area contributed by atoms with E-state index in [-0.39, 0.29) is 0 Å². The van der Waals surface area contributed by atoms with Gasteiger partial charge in [0.15, 0.2) is 0 Å². The van der Waals surface area contributed by atoms with E-state index in [1.165, 1.54) is 45.2 Å². The zero-order chi connectivity index (χ0) is 11.9. The van der Waals surface area contributed by atoms with Crippen LogP contribution in [0, 0.1) is 0 Å². The number of likely N-dealkylation sites (tertiary alicyclic amines) is 1. The Kier molecular flexibility index (Phi) is 5.52. The number of hydrogen-bond donors (Lipinski definition) is 0. The summed E-state index contributed by atoms with van der Waals surface area (Å²) in [5, 5.41) is 1.12. The number of halogens is 1. The molecule has 4 heteroatoms. The number of hydrogen-bond acceptors (Lipinski definition) is 2. The number of imidazole rings is 1. The van der Waals surface area contributed by atoms with Gasteiger partial charge in [-0.05, 0) is 25.8 Å². The second-order valence-corrected chi connectivity index (χ2v) is 5.49. The predicted octanol–water partition coefficient (Wildman–Crippen LogP) is 2.91. The molecule has 1 aromatic rings. The molecule has 0 aromatic carbocycles. The van der Waals surface area contributed by atoms with Gasteiger partial charge in [-0.25, -0.2) is 4.98 Å². The molecule has 3 nitrogen and oxygen atoms in total. The molecule has 0 radical (unpaired) electrons. The third-order valence-electron chi connectivity index (χ3n) is 3.60. The van der Waals surface area contributed by atoms with Crippen molar-refractivity contribution in [2.45, 2.75) is 44.7 Å². The molecule has 1 saturated heterocycles. The van der Waals surface area contributed by atoms with Gasteiger partial charge in [-0.1, -0.05) is 28.8 Å². The van der Waals surface area contributed by atoms with E-state index >= 15 is 0 Å². The largest absolute Gasteiger partial charge is 0.337 e. The van der Waals surface area contributed by atoms with Crippen LogP contribution < -0.4 is 0 Å². The van der Waals surface area contributed by atoms with E-state index in [0.717, 1.165) is 17.9 Å². The summed E-state index contributed by atoms with van der Waals surface area (Å²) in [5.74, 6) is 0. The molecule has 0 amide bonds. The van der Waals surface area contributed by atoms with Gasteiger partial charge in [0.05, 0.1) is 6.33 Å². The molecule has 0 spiro atoms. The van der Waals surface area contributed by atoms with E-state index in [9.17, 15) is 0 Å². The van der Waals surface area contributed by atoms with Crippen molar-refractivity contribution < 1.29 is 0 Å². The second-order valence-electron chi connectivity index (χ2n) is 4.85. The van der Waals surface area contributed by atoms with Gasteiger partial charge in [0.2, 0.25) is 0 Å². The van der Waals surface area contributed by atoms with Crippen LogP contribution >= 0.6 is 15.9 Å². The summed E-state index contributed by atoms with van der Waals surface area (Å²) in [6.45, 7) is 3.58. The highest BCUT2D eigenvalue weighted by Gasteiger charge is 2.19. The van der Waals surface area contributed by atoms with Gasteiger partial charge < -0.3 is 4.57 Å². The minimum atomic E-state index is 0.750. The fraction of sp³-hybridized carbons (Fsp3) is 0.769. The van der Waals surface area contributed by atoms with E-state index in [1.807, 2.05) is 18.7 Å². The molecule has 1 atom stereocenters. The van der Waals surface area contributed by atoms with Crippen LogP contribution in [0.15, 0.2) is 18.7 Å². The molecule has 0 N–H and O–H groups in total. The lowest BCUT2D eigenvalue weighted by Crippen LogP contribution is -2.37. The summed E-state index contributed by atoms with van der Waals surface area (Å²) in [4.78, 5) is 6.74. The molecule has 1 aromatic heterocycles. The Hall–Kier alpha value is -0.350. The topological polar surface area (TPSA) is 21.1 Å². The van der Waals surface area contributed by atoms with Crippen LogP contribution in [0.3, 0.4) is 0 Å². The fourth-order valence-corrected chi connectivity index (χ4v) is 3.31. The molecule has 1 aliphatic heterocycles. The summed E-state index contributed by atoms with van der Waals surface area (Å²) in [6, 6.07) is 0.750. The van der Waals surface area contributed by atoms with E-state index in [0.29, 0.717) is 0 Å². The van der Waals surface area contributed by atoms with Gasteiger partial charge in [0.25, 0.3) is 0 Å². The first-order valence-corrected chi connectivity index (χ1v) is 7.78. The Morgan fingerprint density at radius 3 is 2.94 bits per heavy atom. The lowest BCUT2D eigenvalue weighted by Gasteiger charge is -2.28. The molecule has 1 unspecified atom stereocenters. The number of aromatic nitrogens is 2. The SMILES string of the molecule is BrCC1CCCCCN1CCCn1ccnc1. The van der Waals surface area contributed by atoms with Crippen LogP contribution in [0.1, 0.15) is 32.1 Å². The lowest BCUT2D eigenvalue weighted by atomic mass is 10.1. The standard InChI is InChI=1S/C13H22BrN3/c14-11-13-5-2-1-3-8-17(13)9-4-7-16-10-6-15-12-16/h6,10,12-13H,1-5,7-9,11H2. The van der Waals surface area contributed by atoms with Gasteiger partial charge in [0, 0.05) is 36.9 Å². The van der Waals surface area contributed by atoms with Crippen molar-refractivity contribution in [3.8, 4) is 0 Å². The first-order valence-electron chi connectivity index (χ1n) is 6.66. The molecular formula is C13H22BrN3. The van der Waals surface area contributed by atoms with Gasteiger partial charge in [-0.3, -0.25) is 4.90 Å². The zero-order valence-electron chi connectivity index (χ0n) is 10.4. The maximum absolute atomic E-state index is 4.08. The average Bonchev–Trinajstić information content (AvgIpc) is 2.75. The predicted molar refractivity (Wildman–Crippen MR) is 74.5 cm³/mol. The zero-order valence-corrected chi connectivity index (χ0v) is 12.0. The second kappa shape index (κ2) is 7.17. The van der Waals surface area contributed by atoms with Crippen LogP contribution in [-0.2, 0) is 6.54 Å². The highest BCUT2D eigenvalue weighted by Crippen LogP contribution is 2.18. The molecule has 2 heterocycles. The Morgan fingerprint density at radius 2 is 2.18 bits per heavy atom. The van der Waals surface area contributed by atoms with Gasteiger partial charge >= 0.3 is 0 Å². The van der Waals surface area contributed by atoms with E-state index in [4.69, 9.17) is 0 Å². The highest BCUT2D eigenvalue weighted by molar-refractivity contribution is 9.09. The van der Waals surface area contributed by atoms with Crippen LogP contribution in [0.25, 0.3) is 0 Å². The molecule has 0 aliphatic carbocycles. The summed E-state index contributed by atoms with van der Waals surface area (Å²) in [5.41, 5.74) is 0.